The Bertz CT molecular complexity index is 385. The van der Waals surface area contributed by atoms with Crippen LogP contribution in [0, 0.1) is 0 Å². The van der Waals surface area contributed by atoms with Crippen LogP contribution in [0.5, 0.6) is 0 Å². The van der Waals surface area contributed by atoms with Crippen LogP contribution in [0.1, 0.15) is 57.7 Å². The van der Waals surface area contributed by atoms with Gasteiger partial charge in [-0.05, 0) is 32.8 Å². The molecule has 0 aromatic carbocycles. The number of hydrogen-bond acceptors (Lipinski definition) is 4. The molecule has 0 spiro atoms. The maximum Gasteiger partial charge on any atom is 0.0641 e. The van der Waals surface area contributed by atoms with E-state index in [1.54, 1.807) is 0 Å². The van der Waals surface area contributed by atoms with E-state index >= 15 is 0 Å². The van der Waals surface area contributed by atoms with Gasteiger partial charge in [-0.15, -0.1) is 0 Å². The Kier molecular flexibility index (Phi) is 6.39. The number of nitrogens with zero attached hydrogens (tertiary/aromatic N) is 2. The summed E-state index contributed by atoms with van der Waals surface area (Å²) < 4.78 is 2.01. The number of hydrogen-bond donors (Lipinski definition) is 2. The molecule has 3 N–H and O–H groups in total. The molecule has 1 unspecified atom stereocenters. The molecule has 2 rings (SSSR count). The predicted molar refractivity (Wildman–Crippen MR) is 86.8 cm³/mol. The molecule has 1 heterocycles. The Morgan fingerprint density at radius 3 is 2.75 bits per heavy atom. The average molecular weight is 296 g/mol. The van der Waals surface area contributed by atoms with Gasteiger partial charge in [0, 0.05) is 35.7 Å². The van der Waals surface area contributed by atoms with Crippen molar-refractivity contribution >= 4 is 11.8 Å². The maximum atomic E-state index is 5.70. The Balaban J connectivity index is 1.78. The zero-order valence-electron chi connectivity index (χ0n) is 12.7. The molecule has 1 atom stereocenters. The largest absolute Gasteiger partial charge is 0.271 e. The van der Waals surface area contributed by atoms with Crippen LogP contribution in [0.25, 0.3) is 0 Å². The number of nitrogens with two attached hydrogens (primary N) is 1. The Hall–Kier alpha value is -0.520. The molecular weight excluding hydrogens is 268 g/mol. The quantitative estimate of drug-likeness (QED) is 0.600. The third-order valence-corrected chi connectivity index (χ3v) is 5.51. The van der Waals surface area contributed by atoms with Crippen LogP contribution in [0.4, 0.5) is 0 Å². The smallest absolute Gasteiger partial charge is 0.0641 e. The van der Waals surface area contributed by atoms with E-state index in [2.05, 4.69) is 48.4 Å². The fourth-order valence-electron chi connectivity index (χ4n) is 2.68. The number of nitrogens with one attached hydrogen (secondary N) is 1. The van der Waals surface area contributed by atoms with Gasteiger partial charge in [0.2, 0.25) is 0 Å². The molecule has 0 aliphatic heterocycles. The van der Waals surface area contributed by atoms with Crippen molar-refractivity contribution in [3.05, 3.63) is 18.0 Å². The van der Waals surface area contributed by atoms with E-state index < -0.39 is 0 Å². The summed E-state index contributed by atoms with van der Waals surface area (Å²) in [7, 11) is 0. The highest BCUT2D eigenvalue weighted by Crippen LogP contribution is 2.28. The second kappa shape index (κ2) is 8.05. The minimum atomic E-state index is 0.317. The molecule has 20 heavy (non-hydrogen) atoms. The number of rotatable bonds is 7. The van der Waals surface area contributed by atoms with Crippen molar-refractivity contribution in [2.75, 3.05) is 5.75 Å². The van der Waals surface area contributed by atoms with Gasteiger partial charge in [-0.1, -0.05) is 19.3 Å². The number of thioether (sulfide) groups is 1. The molecule has 0 bridgehead atoms. The zero-order valence-corrected chi connectivity index (χ0v) is 13.5. The summed E-state index contributed by atoms with van der Waals surface area (Å²) in [6.45, 7) is 4.29. The maximum absolute atomic E-state index is 5.70. The first-order valence-electron chi connectivity index (χ1n) is 7.80. The van der Waals surface area contributed by atoms with E-state index in [4.69, 9.17) is 5.84 Å². The van der Waals surface area contributed by atoms with E-state index in [1.807, 2.05) is 4.68 Å². The van der Waals surface area contributed by atoms with Crippen LogP contribution < -0.4 is 11.3 Å². The van der Waals surface area contributed by atoms with Gasteiger partial charge in [-0.3, -0.25) is 16.0 Å². The van der Waals surface area contributed by atoms with Crippen molar-refractivity contribution in [2.45, 2.75) is 69.7 Å². The highest BCUT2D eigenvalue weighted by atomic mass is 32.2. The molecule has 1 aliphatic rings. The van der Waals surface area contributed by atoms with Crippen molar-refractivity contribution in [3.8, 4) is 0 Å². The summed E-state index contributed by atoms with van der Waals surface area (Å²) >= 11 is 2.09. The summed E-state index contributed by atoms with van der Waals surface area (Å²) in [6, 6.07) is 2.84. The molecule has 1 fully saturated rings. The minimum Gasteiger partial charge on any atom is -0.271 e. The van der Waals surface area contributed by atoms with E-state index in [0.717, 1.165) is 23.1 Å². The summed E-state index contributed by atoms with van der Waals surface area (Å²) in [5.41, 5.74) is 4.09. The van der Waals surface area contributed by atoms with Crippen LogP contribution in [0.3, 0.4) is 0 Å². The predicted octanol–water partition coefficient (Wildman–Crippen LogP) is 2.90. The molecule has 0 radical (unpaired) electrons. The van der Waals surface area contributed by atoms with Gasteiger partial charge in [0.15, 0.2) is 0 Å². The standard InChI is InChI=1S/C15H28N4S/c1-12(2)19-9-8-13(18-19)10-14(17-16)11-20-15-6-4-3-5-7-15/h8-9,12,14-15,17H,3-7,10-11,16H2,1-2H3. The molecule has 1 saturated carbocycles. The number of aromatic nitrogens is 2. The van der Waals surface area contributed by atoms with Crippen LogP contribution >= 0.6 is 11.8 Å². The molecule has 5 heteroatoms. The lowest BCUT2D eigenvalue weighted by Gasteiger charge is -2.23. The molecule has 0 saturated heterocycles. The van der Waals surface area contributed by atoms with Gasteiger partial charge < -0.3 is 0 Å². The molecule has 1 aromatic rings. The summed E-state index contributed by atoms with van der Waals surface area (Å²) in [6.07, 6.45) is 9.95. The van der Waals surface area contributed by atoms with Crippen molar-refractivity contribution in [3.63, 3.8) is 0 Å². The van der Waals surface area contributed by atoms with E-state index in [0.29, 0.717) is 12.1 Å². The lowest BCUT2D eigenvalue weighted by atomic mass is 10.0. The van der Waals surface area contributed by atoms with Crippen LogP contribution in [-0.2, 0) is 6.42 Å². The van der Waals surface area contributed by atoms with Crippen molar-refractivity contribution in [1.82, 2.24) is 15.2 Å². The third-order valence-electron chi connectivity index (χ3n) is 3.97. The summed E-state index contributed by atoms with van der Waals surface area (Å²) in [5, 5.41) is 5.44. The summed E-state index contributed by atoms with van der Waals surface area (Å²) in [4.78, 5) is 0. The Labute approximate surface area is 126 Å². The Morgan fingerprint density at radius 1 is 1.40 bits per heavy atom. The zero-order chi connectivity index (χ0) is 14.4. The fourth-order valence-corrected chi connectivity index (χ4v) is 4.06. The second-order valence-electron chi connectivity index (χ2n) is 6.04. The number of hydrazine groups is 1. The monoisotopic (exact) mass is 296 g/mol. The van der Waals surface area contributed by atoms with Gasteiger partial charge in [0.25, 0.3) is 0 Å². The lowest BCUT2D eigenvalue weighted by Crippen LogP contribution is -2.39. The molecule has 4 nitrogen and oxygen atoms in total. The van der Waals surface area contributed by atoms with Gasteiger partial charge in [0.05, 0.1) is 5.69 Å². The molecule has 1 aliphatic carbocycles. The van der Waals surface area contributed by atoms with Gasteiger partial charge in [-0.2, -0.15) is 16.9 Å². The van der Waals surface area contributed by atoms with Gasteiger partial charge in [0.1, 0.15) is 0 Å². The Morgan fingerprint density at radius 2 is 2.15 bits per heavy atom. The minimum absolute atomic E-state index is 0.317. The highest BCUT2D eigenvalue weighted by molar-refractivity contribution is 7.99. The third kappa shape index (κ3) is 4.79. The SMILES string of the molecule is CC(C)n1ccc(CC(CSC2CCCCC2)NN)n1. The molecule has 0 amide bonds. The topological polar surface area (TPSA) is 55.9 Å². The molecule has 114 valence electrons. The van der Waals surface area contributed by atoms with Crippen molar-refractivity contribution in [2.24, 2.45) is 5.84 Å². The highest BCUT2D eigenvalue weighted by Gasteiger charge is 2.17. The van der Waals surface area contributed by atoms with Crippen LogP contribution in [0.15, 0.2) is 12.3 Å². The van der Waals surface area contributed by atoms with E-state index in [-0.39, 0.29) is 0 Å². The van der Waals surface area contributed by atoms with E-state index in [9.17, 15) is 0 Å². The fraction of sp³-hybridized carbons (Fsp3) is 0.800. The van der Waals surface area contributed by atoms with Gasteiger partial charge in [-0.25, -0.2) is 0 Å². The normalized spacial score (nSPS) is 18.6. The van der Waals surface area contributed by atoms with Crippen LogP contribution in [0.2, 0.25) is 0 Å². The summed E-state index contributed by atoms with van der Waals surface area (Å²) in [5.74, 6) is 6.78. The van der Waals surface area contributed by atoms with Crippen LogP contribution in [-0.4, -0.2) is 26.8 Å². The first-order valence-corrected chi connectivity index (χ1v) is 8.85. The molecule has 1 aromatic heterocycles. The van der Waals surface area contributed by atoms with E-state index in [1.165, 1.54) is 32.1 Å². The second-order valence-corrected chi connectivity index (χ2v) is 7.38. The first kappa shape index (κ1) is 15.9. The van der Waals surface area contributed by atoms with Crippen molar-refractivity contribution < 1.29 is 0 Å². The molecular formula is C15H28N4S. The van der Waals surface area contributed by atoms with Crippen molar-refractivity contribution in [1.29, 1.82) is 0 Å². The lowest BCUT2D eigenvalue weighted by molar-refractivity contribution is 0.507. The van der Waals surface area contributed by atoms with Gasteiger partial charge >= 0.3 is 0 Å². The first-order chi connectivity index (χ1) is 9.69. The average Bonchev–Trinajstić information content (AvgIpc) is 2.93.